The fourth-order valence-electron chi connectivity index (χ4n) is 3.04. The van der Waals surface area contributed by atoms with E-state index in [0.717, 1.165) is 12.8 Å². The first-order valence-corrected chi connectivity index (χ1v) is 8.98. The number of carbonyl (C=O) groups excluding carboxylic acids is 2. The third kappa shape index (κ3) is 5.77. The maximum atomic E-state index is 12.4. The molecular weight excluding hydrogens is 363 g/mol. The average Bonchev–Trinajstić information content (AvgIpc) is 3.43. The SMILES string of the molecule is O=C(NCc1ccccc1OC(F)(F)F)C1CCN(C(=O)NC2CC2)CC1. The van der Waals surface area contributed by atoms with Crippen LogP contribution in [0.4, 0.5) is 18.0 Å². The van der Waals surface area contributed by atoms with Crippen molar-refractivity contribution in [3.05, 3.63) is 29.8 Å². The Morgan fingerprint density at radius 2 is 1.78 bits per heavy atom. The molecule has 1 aliphatic heterocycles. The molecule has 1 aromatic rings. The number of hydrogen-bond acceptors (Lipinski definition) is 3. The number of nitrogens with zero attached hydrogens (tertiary/aromatic N) is 1. The predicted molar refractivity (Wildman–Crippen MR) is 90.8 cm³/mol. The van der Waals surface area contributed by atoms with Crippen LogP contribution in [0.2, 0.25) is 0 Å². The van der Waals surface area contributed by atoms with Gasteiger partial charge in [0.1, 0.15) is 5.75 Å². The molecule has 1 aromatic carbocycles. The van der Waals surface area contributed by atoms with Gasteiger partial charge in [-0.2, -0.15) is 0 Å². The lowest BCUT2D eigenvalue weighted by Gasteiger charge is -2.31. The minimum atomic E-state index is -4.78. The van der Waals surface area contributed by atoms with Gasteiger partial charge in [0.2, 0.25) is 5.91 Å². The number of para-hydroxylation sites is 1. The number of amides is 3. The first-order chi connectivity index (χ1) is 12.8. The molecular formula is C18H22F3N3O3. The number of hydrogen-bond donors (Lipinski definition) is 2. The van der Waals surface area contributed by atoms with Gasteiger partial charge in [-0.15, -0.1) is 13.2 Å². The molecule has 27 heavy (non-hydrogen) atoms. The van der Waals surface area contributed by atoms with E-state index in [2.05, 4.69) is 15.4 Å². The van der Waals surface area contributed by atoms with Gasteiger partial charge in [-0.05, 0) is 31.7 Å². The second-order valence-electron chi connectivity index (χ2n) is 6.86. The van der Waals surface area contributed by atoms with Crippen LogP contribution in [0.3, 0.4) is 0 Å². The molecule has 2 aliphatic rings. The lowest BCUT2D eigenvalue weighted by Crippen LogP contribution is -2.47. The van der Waals surface area contributed by atoms with Crippen molar-refractivity contribution in [2.45, 2.75) is 44.6 Å². The summed E-state index contributed by atoms with van der Waals surface area (Å²) in [6.45, 7) is 0.933. The van der Waals surface area contributed by atoms with Crippen molar-refractivity contribution in [1.29, 1.82) is 0 Å². The summed E-state index contributed by atoms with van der Waals surface area (Å²) in [6, 6.07) is 5.92. The Balaban J connectivity index is 1.47. The third-order valence-electron chi connectivity index (χ3n) is 4.71. The average molecular weight is 385 g/mol. The van der Waals surface area contributed by atoms with Crippen LogP contribution < -0.4 is 15.4 Å². The van der Waals surface area contributed by atoms with Crippen LogP contribution in [0.1, 0.15) is 31.2 Å². The molecule has 2 N–H and O–H groups in total. The fraction of sp³-hybridized carbons (Fsp3) is 0.556. The molecule has 0 atom stereocenters. The molecule has 0 bridgehead atoms. The van der Waals surface area contributed by atoms with Crippen LogP contribution in [0.15, 0.2) is 24.3 Å². The summed E-state index contributed by atoms with van der Waals surface area (Å²) >= 11 is 0. The number of carbonyl (C=O) groups is 2. The number of alkyl halides is 3. The van der Waals surface area contributed by atoms with Crippen LogP contribution in [0.25, 0.3) is 0 Å². The second kappa shape index (κ2) is 8.06. The summed E-state index contributed by atoms with van der Waals surface area (Å²) in [5.74, 6) is -0.804. The van der Waals surface area contributed by atoms with E-state index >= 15 is 0 Å². The Morgan fingerprint density at radius 3 is 2.41 bits per heavy atom. The number of halogens is 3. The Bertz CT molecular complexity index is 684. The van der Waals surface area contributed by atoms with E-state index in [1.165, 1.54) is 18.2 Å². The van der Waals surface area contributed by atoms with Crippen molar-refractivity contribution in [1.82, 2.24) is 15.5 Å². The van der Waals surface area contributed by atoms with E-state index in [9.17, 15) is 22.8 Å². The summed E-state index contributed by atoms with van der Waals surface area (Å²) in [5.41, 5.74) is 0.254. The third-order valence-corrected chi connectivity index (χ3v) is 4.71. The molecule has 3 amide bonds. The van der Waals surface area contributed by atoms with Crippen molar-refractivity contribution in [3.8, 4) is 5.75 Å². The van der Waals surface area contributed by atoms with Gasteiger partial charge in [0.25, 0.3) is 0 Å². The Kier molecular flexibility index (Phi) is 5.76. The van der Waals surface area contributed by atoms with Crippen molar-refractivity contribution in [3.63, 3.8) is 0 Å². The number of nitrogens with one attached hydrogen (secondary N) is 2. The zero-order valence-electron chi connectivity index (χ0n) is 14.7. The predicted octanol–water partition coefficient (Wildman–Crippen LogP) is 2.79. The van der Waals surface area contributed by atoms with Gasteiger partial charge in [-0.25, -0.2) is 4.79 Å². The lowest BCUT2D eigenvalue weighted by molar-refractivity contribution is -0.274. The molecule has 2 fully saturated rings. The van der Waals surface area contributed by atoms with E-state index in [-0.39, 0.29) is 41.8 Å². The zero-order valence-corrected chi connectivity index (χ0v) is 14.7. The number of ether oxygens (including phenoxy) is 1. The maximum Gasteiger partial charge on any atom is 0.573 e. The van der Waals surface area contributed by atoms with Crippen molar-refractivity contribution in [2.24, 2.45) is 5.92 Å². The van der Waals surface area contributed by atoms with Crippen molar-refractivity contribution >= 4 is 11.9 Å². The summed E-state index contributed by atoms with van der Waals surface area (Å²) < 4.78 is 41.3. The highest BCUT2D eigenvalue weighted by atomic mass is 19.4. The topological polar surface area (TPSA) is 70.7 Å². The van der Waals surface area contributed by atoms with Crippen LogP contribution in [0, 0.1) is 5.92 Å². The van der Waals surface area contributed by atoms with Gasteiger partial charge in [0.15, 0.2) is 0 Å². The van der Waals surface area contributed by atoms with Crippen molar-refractivity contribution < 1.29 is 27.5 Å². The number of urea groups is 1. The summed E-state index contributed by atoms with van der Waals surface area (Å²) in [6.07, 6.45) is -1.68. The van der Waals surface area contributed by atoms with E-state index in [4.69, 9.17) is 0 Å². The van der Waals surface area contributed by atoms with Crippen LogP contribution >= 0.6 is 0 Å². The molecule has 6 nitrogen and oxygen atoms in total. The summed E-state index contributed by atoms with van der Waals surface area (Å²) in [5, 5.41) is 5.60. The Morgan fingerprint density at radius 1 is 1.11 bits per heavy atom. The van der Waals surface area contributed by atoms with Gasteiger partial charge in [-0.3, -0.25) is 4.79 Å². The number of piperidine rings is 1. The molecule has 1 heterocycles. The van der Waals surface area contributed by atoms with Gasteiger partial charge in [0, 0.05) is 37.2 Å². The van der Waals surface area contributed by atoms with Gasteiger partial charge in [-0.1, -0.05) is 18.2 Å². The maximum absolute atomic E-state index is 12.4. The normalized spacial score (nSPS) is 18.1. The highest BCUT2D eigenvalue weighted by Crippen LogP contribution is 2.26. The van der Waals surface area contributed by atoms with Crippen LogP contribution in [-0.2, 0) is 11.3 Å². The summed E-state index contributed by atoms with van der Waals surface area (Å²) in [7, 11) is 0. The monoisotopic (exact) mass is 385 g/mol. The van der Waals surface area contributed by atoms with Crippen molar-refractivity contribution in [2.75, 3.05) is 13.1 Å². The van der Waals surface area contributed by atoms with Gasteiger partial charge in [0.05, 0.1) is 0 Å². The first-order valence-electron chi connectivity index (χ1n) is 8.98. The summed E-state index contributed by atoms with van der Waals surface area (Å²) in [4.78, 5) is 26.0. The number of likely N-dealkylation sites (tertiary alicyclic amines) is 1. The number of rotatable bonds is 5. The molecule has 0 spiro atoms. The fourth-order valence-corrected chi connectivity index (χ4v) is 3.04. The highest BCUT2D eigenvalue weighted by molar-refractivity contribution is 5.79. The molecule has 0 unspecified atom stereocenters. The van der Waals surface area contributed by atoms with Gasteiger partial charge < -0.3 is 20.3 Å². The molecule has 0 aromatic heterocycles. The Labute approximate surface area is 155 Å². The molecule has 3 rings (SSSR count). The zero-order chi connectivity index (χ0) is 19.4. The first kappa shape index (κ1) is 19.3. The minimum Gasteiger partial charge on any atom is -0.405 e. The molecule has 9 heteroatoms. The largest absolute Gasteiger partial charge is 0.573 e. The second-order valence-corrected chi connectivity index (χ2v) is 6.86. The standard InChI is InChI=1S/C18H22F3N3O3/c19-18(20,21)27-15-4-2-1-3-13(15)11-22-16(25)12-7-9-24(10-8-12)17(26)23-14-5-6-14/h1-4,12,14H,5-11H2,(H,22,25)(H,23,26). The van der Waals surface area contributed by atoms with E-state index in [0.29, 0.717) is 25.9 Å². The van der Waals surface area contributed by atoms with E-state index < -0.39 is 6.36 Å². The molecule has 148 valence electrons. The highest BCUT2D eigenvalue weighted by Gasteiger charge is 2.33. The quantitative estimate of drug-likeness (QED) is 0.819. The molecule has 1 saturated heterocycles. The minimum absolute atomic E-state index is 0.0481. The smallest absolute Gasteiger partial charge is 0.405 e. The lowest BCUT2D eigenvalue weighted by atomic mass is 9.96. The van der Waals surface area contributed by atoms with E-state index in [1.54, 1.807) is 11.0 Å². The number of benzene rings is 1. The molecule has 1 saturated carbocycles. The van der Waals surface area contributed by atoms with E-state index in [1.807, 2.05) is 0 Å². The van der Waals surface area contributed by atoms with Gasteiger partial charge >= 0.3 is 12.4 Å². The molecule has 1 aliphatic carbocycles. The Hall–Kier alpha value is -2.45. The van der Waals surface area contributed by atoms with Crippen LogP contribution in [0.5, 0.6) is 5.75 Å². The van der Waals surface area contributed by atoms with Crippen LogP contribution in [-0.4, -0.2) is 42.3 Å². The molecule has 0 radical (unpaired) electrons.